The van der Waals surface area contributed by atoms with Crippen LogP contribution in [0.2, 0.25) is 0 Å². The average molecular weight is 247 g/mol. The number of aliphatic hydroxyl groups is 1. The second kappa shape index (κ2) is 5.31. The molecule has 2 rings (SSSR count). The summed E-state index contributed by atoms with van der Waals surface area (Å²) in [6.07, 6.45) is 3.53. The molecule has 3 unspecified atom stereocenters. The first-order valence-corrected chi connectivity index (χ1v) is 7.04. The van der Waals surface area contributed by atoms with Crippen molar-refractivity contribution in [2.45, 2.75) is 45.6 Å². The maximum Gasteiger partial charge on any atom is 0.0664 e. The summed E-state index contributed by atoms with van der Waals surface area (Å²) in [6.45, 7) is 6.90. The van der Waals surface area contributed by atoms with Gasteiger partial charge in [0.05, 0.1) is 12.1 Å². The molecule has 0 amide bonds. The van der Waals surface area contributed by atoms with Crippen LogP contribution in [0.1, 0.15) is 38.7 Å². The third-order valence-corrected chi connectivity index (χ3v) is 4.82. The molecule has 1 saturated carbocycles. The number of benzene rings is 1. The highest BCUT2D eigenvalue weighted by Gasteiger charge is 2.41. The van der Waals surface area contributed by atoms with E-state index < -0.39 is 0 Å². The summed E-state index contributed by atoms with van der Waals surface area (Å²) in [6, 6.07) is 8.33. The van der Waals surface area contributed by atoms with Crippen molar-refractivity contribution in [2.75, 3.05) is 11.9 Å². The van der Waals surface area contributed by atoms with Gasteiger partial charge in [-0.3, -0.25) is 0 Å². The third-order valence-electron chi connectivity index (χ3n) is 4.82. The summed E-state index contributed by atoms with van der Waals surface area (Å²) in [5, 5.41) is 13.6. The Morgan fingerprint density at radius 3 is 2.72 bits per heavy atom. The lowest BCUT2D eigenvalue weighted by atomic mass is 9.68. The number of para-hydroxylation sites is 1. The highest BCUT2D eigenvalue weighted by molar-refractivity contribution is 5.52. The van der Waals surface area contributed by atoms with Gasteiger partial charge in [-0.2, -0.15) is 0 Å². The van der Waals surface area contributed by atoms with Gasteiger partial charge in [0.2, 0.25) is 0 Å². The molecule has 0 saturated heterocycles. The van der Waals surface area contributed by atoms with Crippen LogP contribution < -0.4 is 5.32 Å². The van der Waals surface area contributed by atoms with Crippen molar-refractivity contribution in [2.24, 2.45) is 11.8 Å². The molecule has 0 spiro atoms. The van der Waals surface area contributed by atoms with Gasteiger partial charge in [0, 0.05) is 5.69 Å². The molecule has 100 valence electrons. The highest BCUT2D eigenvalue weighted by Crippen LogP contribution is 2.40. The quantitative estimate of drug-likeness (QED) is 0.855. The Bertz CT molecular complexity index is 404. The number of anilines is 1. The van der Waals surface area contributed by atoms with Crippen molar-refractivity contribution >= 4 is 5.69 Å². The lowest BCUT2D eigenvalue weighted by Crippen LogP contribution is -2.52. The van der Waals surface area contributed by atoms with E-state index in [0.29, 0.717) is 11.8 Å². The predicted molar refractivity (Wildman–Crippen MR) is 76.8 cm³/mol. The fourth-order valence-corrected chi connectivity index (χ4v) is 3.18. The maximum absolute atomic E-state index is 9.92. The summed E-state index contributed by atoms with van der Waals surface area (Å²) in [7, 11) is 0. The Morgan fingerprint density at radius 1 is 1.33 bits per heavy atom. The summed E-state index contributed by atoms with van der Waals surface area (Å²) in [5.41, 5.74) is 2.26. The van der Waals surface area contributed by atoms with Gasteiger partial charge in [0.25, 0.3) is 0 Å². The van der Waals surface area contributed by atoms with E-state index in [4.69, 9.17) is 0 Å². The lowest BCUT2D eigenvalue weighted by Gasteiger charge is -2.46. The Kier molecular flexibility index (Phi) is 3.96. The minimum atomic E-state index is -0.149. The van der Waals surface area contributed by atoms with Crippen LogP contribution in [-0.2, 0) is 0 Å². The van der Waals surface area contributed by atoms with Crippen LogP contribution in [0.4, 0.5) is 5.69 Å². The summed E-state index contributed by atoms with van der Waals surface area (Å²) in [5.74, 6) is 1.17. The van der Waals surface area contributed by atoms with E-state index in [1.165, 1.54) is 18.4 Å². The first kappa shape index (κ1) is 13.4. The topological polar surface area (TPSA) is 32.3 Å². The molecule has 1 aliphatic carbocycles. The van der Waals surface area contributed by atoms with Gasteiger partial charge < -0.3 is 10.4 Å². The normalized spacial score (nSPS) is 32.2. The van der Waals surface area contributed by atoms with Crippen LogP contribution in [0, 0.1) is 18.8 Å². The van der Waals surface area contributed by atoms with Gasteiger partial charge >= 0.3 is 0 Å². The number of aliphatic hydroxyl groups excluding tert-OH is 1. The van der Waals surface area contributed by atoms with Gasteiger partial charge in [0.1, 0.15) is 0 Å². The fourth-order valence-electron chi connectivity index (χ4n) is 3.18. The highest BCUT2D eigenvalue weighted by atomic mass is 16.3. The minimum absolute atomic E-state index is 0.149. The monoisotopic (exact) mass is 247 g/mol. The molecular formula is C16H25NO. The molecule has 0 radical (unpaired) electrons. The number of rotatable bonds is 3. The van der Waals surface area contributed by atoms with Crippen LogP contribution >= 0.6 is 0 Å². The Balaban J connectivity index is 2.25. The molecule has 0 aliphatic heterocycles. The van der Waals surface area contributed by atoms with Gasteiger partial charge in [-0.25, -0.2) is 0 Å². The number of aryl methyl sites for hydroxylation is 1. The smallest absolute Gasteiger partial charge is 0.0664 e. The van der Waals surface area contributed by atoms with Crippen molar-refractivity contribution in [1.29, 1.82) is 0 Å². The molecule has 2 nitrogen and oxygen atoms in total. The van der Waals surface area contributed by atoms with Gasteiger partial charge in [-0.05, 0) is 36.8 Å². The van der Waals surface area contributed by atoms with Crippen molar-refractivity contribution in [3.63, 3.8) is 0 Å². The first-order chi connectivity index (χ1) is 8.59. The summed E-state index contributed by atoms with van der Waals surface area (Å²) < 4.78 is 0. The Hall–Kier alpha value is -1.02. The Morgan fingerprint density at radius 2 is 2.06 bits per heavy atom. The molecule has 0 heterocycles. The summed E-state index contributed by atoms with van der Waals surface area (Å²) >= 11 is 0. The average Bonchev–Trinajstić information content (AvgIpc) is 2.38. The zero-order valence-electron chi connectivity index (χ0n) is 11.7. The van der Waals surface area contributed by atoms with Crippen LogP contribution in [0.5, 0.6) is 0 Å². The molecule has 1 fully saturated rings. The van der Waals surface area contributed by atoms with E-state index in [1.54, 1.807) is 0 Å². The maximum atomic E-state index is 9.92. The van der Waals surface area contributed by atoms with E-state index in [-0.39, 0.29) is 12.1 Å². The van der Waals surface area contributed by atoms with Crippen molar-refractivity contribution in [1.82, 2.24) is 0 Å². The lowest BCUT2D eigenvalue weighted by molar-refractivity contribution is 0.0924. The van der Waals surface area contributed by atoms with Gasteiger partial charge in [0.15, 0.2) is 0 Å². The third kappa shape index (κ3) is 2.39. The van der Waals surface area contributed by atoms with Crippen molar-refractivity contribution in [3.8, 4) is 0 Å². The predicted octanol–water partition coefficient (Wildman–Crippen LogP) is 3.59. The van der Waals surface area contributed by atoms with Crippen LogP contribution in [0.25, 0.3) is 0 Å². The molecule has 2 heteroatoms. The Labute approximate surface area is 110 Å². The van der Waals surface area contributed by atoms with Gasteiger partial charge in [-0.15, -0.1) is 0 Å². The number of nitrogens with one attached hydrogen (secondary N) is 1. The molecule has 1 aliphatic rings. The molecule has 0 bridgehead atoms. The summed E-state index contributed by atoms with van der Waals surface area (Å²) in [4.78, 5) is 0. The molecule has 2 N–H and O–H groups in total. The van der Waals surface area contributed by atoms with Gasteiger partial charge in [-0.1, -0.05) is 44.9 Å². The van der Waals surface area contributed by atoms with E-state index in [0.717, 1.165) is 12.1 Å². The second-order valence-corrected chi connectivity index (χ2v) is 5.91. The number of hydrogen-bond acceptors (Lipinski definition) is 2. The number of hydrogen-bond donors (Lipinski definition) is 2. The van der Waals surface area contributed by atoms with Crippen molar-refractivity contribution < 1.29 is 5.11 Å². The standard InChI is InChI=1S/C16H25NO/c1-12-8-6-10-16(11-18,14(12)3)17-15-9-5-4-7-13(15)2/h4-5,7,9,12,14,17-18H,6,8,10-11H2,1-3H3. The fraction of sp³-hybridized carbons (Fsp3) is 0.625. The van der Waals surface area contributed by atoms with Crippen LogP contribution in [0.15, 0.2) is 24.3 Å². The second-order valence-electron chi connectivity index (χ2n) is 5.91. The van der Waals surface area contributed by atoms with Crippen LogP contribution in [0.3, 0.4) is 0 Å². The molecule has 3 atom stereocenters. The molecular weight excluding hydrogens is 222 g/mol. The molecule has 0 aromatic heterocycles. The zero-order valence-corrected chi connectivity index (χ0v) is 11.7. The van der Waals surface area contributed by atoms with E-state index in [9.17, 15) is 5.11 Å². The van der Waals surface area contributed by atoms with E-state index in [1.807, 2.05) is 0 Å². The van der Waals surface area contributed by atoms with Crippen LogP contribution in [-0.4, -0.2) is 17.3 Å². The molecule has 1 aromatic carbocycles. The van der Waals surface area contributed by atoms with E-state index in [2.05, 4.69) is 50.4 Å². The first-order valence-electron chi connectivity index (χ1n) is 7.04. The largest absolute Gasteiger partial charge is 0.394 e. The van der Waals surface area contributed by atoms with Crippen molar-refractivity contribution in [3.05, 3.63) is 29.8 Å². The minimum Gasteiger partial charge on any atom is -0.394 e. The SMILES string of the molecule is Cc1ccccc1NC1(CO)CCCC(C)C1C. The molecule has 18 heavy (non-hydrogen) atoms. The van der Waals surface area contributed by atoms with E-state index >= 15 is 0 Å². The zero-order chi connectivity index (χ0) is 13.2. The molecule has 1 aromatic rings.